The van der Waals surface area contributed by atoms with Crippen LogP contribution in [0, 0.1) is 11.8 Å². The fourth-order valence-corrected chi connectivity index (χ4v) is 3.49. The maximum absolute atomic E-state index is 12.5. The van der Waals surface area contributed by atoms with E-state index < -0.39 is 0 Å². The van der Waals surface area contributed by atoms with E-state index in [0.29, 0.717) is 24.6 Å². The molecule has 138 valence electrons. The summed E-state index contributed by atoms with van der Waals surface area (Å²) in [5.74, 6) is 0.448. The molecule has 0 aliphatic heterocycles. The van der Waals surface area contributed by atoms with Crippen LogP contribution in [0.25, 0.3) is 0 Å². The molecule has 1 aliphatic carbocycles. The Bertz CT molecular complexity index is 583. The molecule has 0 aromatic heterocycles. The van der Waals surface area contributed by atoms with Crippen LogP contribution < -0.4 is 11.1 Å². The molecule has 2 unspecified atom stereocenters. The number of hydrogen-bond donors (Lipinski definition) is 2. The number of hydrogen-bond acceptors (Lipinski definition) is 3. The molecule has 2 amide bonds. The minimum Gasteiger partial charge on any atom is -0.349 e. The molecule has 0 heterocycles. The van der Waals surface area contributed by atoms with Crippen LogP contribution in [-0.2, 0) is 11.3 Å². The molecule has 5 heteroatoms. The van der Waals surface area contributed by atoms with Crippen LogP contribution in [0.15, 0.2) is 24.3 Å². The van der Waals surface area contributed by atoms with E-state index in [9.17, 15) is 9.59 Å². The van der Waals surface area contributed by atoms with E-state index in [2.05, 4.69) is 5.32 Å². The molecule has 0 saturated heterocycles. The summed E-state index contributed by atoms with van der Waals surface area (Å²) in [6, 6.07) is 7.68. The predicted molar refractivity (Wildman–Crippen MR) is 100 cm³/mol. The first-order valence-electron chi connectivity index (χ1n) is 9.27. The Labute approximate surface area is 151 Å². The van der Waals surface area contributed by atoms with E-state index in [1.165, 1.54) is 6.42 Å². The summed E-state index contributed by atoms with van der Waals surface area (Å²) in [5, 5.41) is 3.15. The highest BCUT2D eigenvalue weighted by Crippen LogP contribution is 2.23. The first-order chi connectivity index (χ1) is 11.9. The zero-order chi connectivity index (χ0) is 18.4. The highest BCUT2D eigenvalue weighted by molar-refractivity contribution is 5.94. The first-order valence-corrected chi connectivity index (χ1v) is 9.27. The lowest BCUT2D eigenvalue weighted by Gasteiger charge is -2.31. The van der Waals surface area contributed by atoms with Crippen molar-refractivity contribution in [3.63, 3.8) is 0 Å². The fraction of sp³-hybridized carbons (Fsp3) is 0.600. The van der Waals surface area contributed by atoms with Crippen molar-refractivity contribution in [2.75, 3.05) is 13.6 Å². The number of rotatable bonds is 6. The van der Waals surface area contributed by atoms with Gasteiger partial charge in [-0.25, -0.2) is 0 Å². The topological polar surface area (TPSA) is 75.4 Å². The van der Waals surface area contributed by atoms with E-state index in [0.717, 1.165) is 24.8 Å². The SMILES string of the molecule is CC(C)C(=O)N(C)Cc1ccc(C(=O)NC2CCCCC2CN)cc1. The zero-order valence-corrected chi connectivity index (χ0v) is 15.6. The fourth-order valence-electron chi connectivity index (χ4n) is 3.49. The normalized spacial score (nSPS) is 20.4. The maximum atomic E-state index is 12.5. The van der Waals surface area contributed by atoms with Crippen molar-refractivity contribution >= 4 is 11.8 Å². The van der Waals surface area contributed by atoms with E-state index in [1.54, 1.807) is 11.9 Å². The average molecular weight is 345 g/mol. The van der Waals surface area contributed by atoms with Crippen LogP contribution >= 0.6 is 0 Å². The molecular formula is C20H31N3O2. The van der Waals surface area contributed by atoms with Gasteiger partial charge in [0.15, 0.2) is 0 Å². The van der Waals surface area contributed by atoms with Crippen molar-refractivity contribution in [2.45, 2.75) is 52.1 Å². The minimum atomic E-state index is -0.0384. The van der Waals surface area contributed by atoms with Crippen LogP contribution in [0.4, 0.5) is 0 Å². The summed E-state index contributed by atoms with van der Waals surface area (Å²) in [6.45, 7) is 4.97. The van der Waals surface area contributed by atoms with Crippen LogP contribution in [0.3, 0.4) is 0 Å². The summed E-state index contributed by atoms with van der Waals surface area (Å²) in [5.41, 5.74) is 7.51. The molecule has 0 bridgehead atoms. The number of nitrogens with zero attached hydrogens (tertiary/aromatic N) is 1. The molecule has 1 aliphatic rings. The lowest BCUT2D eigenvalue weighted by molar-refractivity contribution is -0.133. The van der Waals surface area contributed by atoms with Crippen LogP contribution in [0.5, 0.6) is 0 Å². The second-order valence-corrected chi connectivity index (χ2v) is 7.41. The lowest BCUT2D eigenvalue weighted by Crippen LogP contribution is -2.44. The monoisotopic (exact) mass is 345 g/mol. The van der Waals surface area contributed by atoms with Gasteiger partial charge < -0.3 is 16.0 Å². The Morgan fingerprint density at radius 3 is 2.44 bits per heavy atom. The summed E-state index contributed by atoms with van der Waals surface area (Å²) < 4.78 is 0. The van der Waals surface area contributed by atoms with Gasteiger partial charge in [-0.05, 0) is 43.0 Å². The molecule has 0 spiro atoms. The number of amides is 2. The second kappa shape index (κ2) is 8.99. The summed E-state index contributed by atoms with van der Waals surface area (Å²) in [7, 11) is 1.80. The van der Waals surface area contributed by atoms with E-state index >= 15 is 0 Å². The lowest BCUT2D eigenvalue weighted by atomic mass is 9.84. The van der Waals surface area contributed by atoms with Gasteiger partial charge in [-0.3, -0.25) is 9.59 Å². The molecule has 1 fully saturated rings. The van der Waals surface area contributed by atoms with E-state index in [4.69, 9.17) is 5.73 Å². The van der Waals surface area contributed by atoms with E-state index in [-0.39, 0.29) is 23.8 Å². The molecule has 1 saturated carbocycles. The Morgan fingerprint density at radius 1 is 1.20 bits per heavy atom. The summed E-state index contributed by atoms with van der Waals surface area (Å²) in [6.07, 6.45) is 4.45. The molecule has 3 N–H and O–H groups in total. The number of carbonyl (C=O) groups is 2. The van der Waals surface area contributed by atoms with Crippen molar-refractivity contribution in [1.82, 2.24) is 10.2 Å². The molecular weight excluding hydrogens is 314 g/mol. The molecule has 0 radical (unpaired) electrons. The third-order valence-corrected chi connectivity index (χ3v) is 5.03. The Hall–Kier alpha value is -1.88. The number of carbonyl (C=O) groups excluding carboxylic acids is 2. The Balaban J connectivity index is 1.94. The quantitative estimate of drug-likeness (QED) is 0.832. The largest absolute Gasteiger partial charge is 0.349 e. The highest BCUT2D eigenvalue weighted by atomic mass is 16.2. The molecule has 2 rings (SSSR count). The summed E-state index contributed by atoms with van der Waals surface area (Å²) in [4.78, 5) is 26.2. The maximum Gasteiger partial charge on any atom is 0.251 e. The van der Waals surface area contributed by atoms with Crippen molar-refractivity contribution < 1.29 is 9.59 Å². The average Bonchev–Trinajstić information content (AvgIpc) is 2.61. The third-order valence-electron chi connectivity index (χ3n) is 5.03. The highest BCUT2D eigenvalue weighted by Gasteiger charge is 2.25. The number of benzene rings is 1. The zero-order valence-electron chi connectivity index (χ0n) is 15.6. The Kier molecular flexibility index (Phi) is 7.00. The Morgan fingerprint density at radius 2 is 1.84 bits per heavy atom. The van der Waals surface area contributed by atoms with Crippen LogP contribution in [0.1, 0.15) is 55.5 Å². The van der Waals surface area contributed by atoms with Gasteiger partial charge in [0.05, 0.1) is 0 Å². The van der Waals surface area contributed by atoms with Gasteiger partial charge in [0.1, 0.15) is 0 Å². The second-order valence-electron chi connectivity index (χ2n) is 7.41. The number of nitrogens with one attached hydrogen (secondary N) is 1. The molecule has 2 atom stereocenters. The van der Waals surface area contributed by atoms with Gasteiger partial charge in [0.25, 0.3) is 5.91 Å². The molecule has 25 heavy (non-hydrogen) atoms. The van der Waals surface area contributed by atoms with Crippen LogP contribution in [0.2, 0.25) is 0 Å². The number of nitrogens with two attached hydrogens (primary N) is 1. The third kappa shape index (κ3) is 5.30. The minimum absolute atomic E-state index is 0.0129. The predicted octanol–water partition coefficient (Wildman–Crippen LogP) is 2.55. The van der Waals surface area contributed by atoms with Gasteiger partial charge in [-0.15, -0.1) is 0 Å². The smallest absolute Gasteiger partial charge is 0.251 e. The molecule has 5 nitrogen and oxygen atoms in total. The molecule has 1 aromatic rings. The van der Waals surface area contributed by atoms with Gasteiger partial charge in [0, 0.05) is 31.1 Å². The van der Waals surface area contributed by atoms with Gasteiger partial charge >= 0.3 is 0 Å². The van der Waals surface area contributed by atoms with Crippen molar-refractivity contribution in [3.8, 4) is 0 Å². The van der Waals surface area contributed by atoms with Crippen molar-refractivity contribution in [3.05, 3.63) is 35.4 Å². The van der Waals surface area contributed by atoms with Crippen molar-refractivity contribution in [1.29, 1.82) is 0 Å². The van der Waals surface area contributed by atoms with Gasteiger partial charge in [-0.2, -0.15) is 0 Å². The van der Waals surface area contributed by atoms with Crippen LogP contribution in [-0.4, -0.2) is 36.3 Å². The van der Waals surface area contributed by atoms with Crippen molar-refractivity contribution in [2.24, 2.45) is 17.6 Å². The van der Waals surface area contributed by atoms with Gasteiger partial charge in [-0.1, -0.05) is 38.8 Å². The first kappa shape index (κ1) is 19.4. The van der Waals surface area contributed by atoms with E-state index in [1.807, 2.05) is 38.1 Å². The van der Waals surface area contributed by atoms with Gasteiger partial charge in [0.2, 0.25) is 5.91 Å². The molecule has 1 aromatic carbocycles. The summed E-state index contributed by atoms with van der Waals surface area (Å²) >= 11 is 0. The standard InChI is InChI=1S/C20H31N3O2/c1-14(2)20(25)23(3)13-15-8-10-16(11-9-15)19(24)22-18-7-5-4-6-17(18)12-21/h8-11,14,17-18H,4-7,12-13,21H2,1-3H3,(H,22,24).